The minimum absolute atomic E-state index is 0.305. The average molecular weight is 230 g/mol. The summed E-state index contributed by atoms with van der Waals surface area (Å²) in [4.78, 5) is 10.5. The smallest absolute Gasteiger partial charge is 0.303 e. The first-order valence-corrected chi connectivity index (χ1v) is 6.45. The third-order valence-electron chi connectivity index (χ3n) is 3.86. The third kappa shape index (κ3) is 4.12. The van der Waals surface area contributed by atoms with E-state index in [1.165, 1.54) is 0 Å². The highest BCUT2D eigenvalue weighted by Crippen LogP contribution is 2.20. The quantitative estimate of drug-likeness (QED) is 0.514. The molecule has 0 rings (SSSR count). The highest BCUT2D eigenvalue weighted by Gasteiger charge is 2.32. The molecule has 3 nitrogen and oxygen atoms in total. The maximum absolute atomic E-state index is 10.5. The number of unbranched alkanes of at least 4 members (excludes halogenated alkanes) is 1. The number of carboxylic acid groups (broad SMARTS) is 1. The molecule has 0 fully saturated rings. The maximum atomic E-state index is 10.5. The molecule has 0 aliphatic heterocycles. The molecule has 0 bridgehead atoms. The molecule has 0 radical (unpaired) electrons. The van der Waals surface area contributed by atoms with Crippen LogP contribution in [0.25, 0.3) is 0 Å². The minimum Gasteiger partial charge on any atom is -0.481 e. The zero-order chi connectivity index (χ0) is 12.8. The van der Waals surface area contributed by atoms with Gasteiger partial charge < -0.3 is 9.59 Å². The predicted molar refractivity (Wildman–Crippen MR) is 67.4 cm³/mol. The Bertz CT molecular complexity index is 204. The number of quaternary nitrogens is 1. The van der Waals surface area contributed by atoms with Crippen LogP contribution in [0.5, 0.6) is 0 Å². The lowest BCUT2D eigenvalue weighted by Crippen LogP contribution is -2.58. The lowest BCUT2D eigenvalue weighted by atomic mass is 10.1. The zero-order valence-corrected chi connectivity index (χ0v) is 11.5. The molecular formula is C13H28NO2+. The monoisotopic (exact) mass is 230 g/mol. The van der Waals surface area contributed by atoms with Crippen LogP contribution in [0.15, 0.2) is 0 Å². The van der Waals surface area contributed by atoms with E-state index in [4.69, 9.17) is 5.11 Å². The Labute approximate surface area is 100 Å². The van der Waals surface area contributed by atoms with Crippen LogP contribution in [-0.4, -0.2) is 40.7 Å². The van der Waals surface area contributed by atoms with E-state index < -0.39 is 5.97 Å². The number of rotatable bonds is 8. The summed E-state index contributed by atoms with van der Waals surface area (Å²) in [5.74, 6) is -0.677. The van der Waals surface area contributed by atoms with Gasteiger partial charge in [-0.15, -0.1) is 0 Å². The Morgan fingerprint density at radius 2 is 1.62 bits per heavy atom. The van der Waals surface area contributed by atoms with Crippen LogP contribution in [0, 0.1) is 0 Å². The van der Waals surface area contributed by atoms with Crippen LogP contribution >= 0.6 is 0 Å². The summed E-state index contributed by atoms with van der Waals surface area (Å²) in [6.07, 6.45) is 2.12. The number of hydrogen-bond donors (Lipinski definition) is 1. The summed E-state index contributed by atoms with van der Waals surface area (Å²) in [7, 11) is 0. The van der Waals surface area contributed by atoms with Gasteiger partial charge in [0.25, 0.3) is 0 Å². The second-order valence-electron chi connectivity index (χ2n) is 5.18. The van der Waals surface area contributed by atoms with Crippen molar-refractivity contribution in [1.82, 2.24) is 0 Å². The highest BCUT2D eigenvalue weighted by atomic mass is 16.4. The van der Waals surface area contributed by atoms with Gasteiger partial charge in [0.2, 0.25) is 0 Å². The molecule has 0 aromatic carbocycles. The third-order valence-corrected chi connectivity index (χ3v) is 3.86. The molecule has 0 aliphatic carbocycles. The van der Waals surface area contributed by atoms with Crippen molar-refractivity contribution in [2.75, 3.05) is 13.1 Å². The molecule has 16 heavy (non-hydrogen) atoms. The molecule has 0 aromatic heterocycles. The summed E-state index contributed by atoms with van der Waals surface area (Å²) in [6.45, 7) is 13.5. The normalized spacial score (nSPS) is 12.4. The molecule has 0 spiro atoms. The van der Waals surface area contributed by atoms with Crippen molar-refractivity contribution in [1.29, 1.82) is 0 Å². The number of nitrogens with zero attached hydrogens (tertiary/aromatic N) is 1. The number of aliphatic carboxylic acids is 1. The SMILES string of the molecule is CC[N+](CCCCC(=O)O)(C(C)C)C(C)C. The summed E-state index contributed by atoms with van der Waals surface area (Å²) in [6, 6.07) is 1.21. The van der Waals surface area contributed by atoms with Crippen LogP contribution in [0.4, 0.5) is 0 Å². The van der Waals surface area contributed by atoms with Gasteiger partial charge in [0.1, 0.15) is 0 Å². The molecule has 0 aromatic rings. The van der Waals surface area contributed by atoms with Crippen LogP contribution < -0.4 is 0 Å². The Morgan fingerprint density at radius 1 is 1.12 bits per heavy atom. The summed E-state index contributed by atoms with van der Waals surface area (Å²) in [5, 5.41) is 8.61. The molecule has 0 heterocycles. The molecule has 3 heteroatoms. The van der Waals surface area contributed by atoms with Crippen molar-refractivity contribution < 1.29 is 14.4 Å². The van der Waals surface area contributed by atoms with E-state index in [1.54, 1.807) is 0 Å². The fourth-order valence-electron chi connectivity index (χ4n) is 2.68. The second kappa shape index (κ2) is 6.89. The first kappa shape index (κ1) is 15.4. The van der Waals surface area contributed by atoms with Gasteiger partial charge >= 0.3 is 5.97 Å². The largest absolute Gasteiger partial charge is 0.481 e. The zero-order valence-electron chi connectivity index (χ0n) is 11.5. The Hall–Kier alpha value is -0.570. The fourth-order valence-corrected chi connectivity index (χ4v) is 2.68. The van der Waals surface area contributed by atoms with Crippen molar-refractivity contribution in [2.24, 2.45) is 0 Å². The van der Waals surface area contributed by atoms with E-state index in [9.17, 15) is 4.79 Å². The average Bonchev–Trinajstić information content (AvgIpc) is 2.16. The van der Waals surface area contributed by atoms with Crippen molar-refractivity contribution >= 4 is 5.97 Å². The van der Waals surface area contributed by atoms with Crippen molar-refractivity contribution in [3.63, 3.8) is 0 Å². The summed E-state index contributed by atoms with van der Waals surface area (Å²) < 4.78 is 1.10. The van der Waals surface area contributed by atoms with E-state index in [0.717, 1.165) is 30.4 Å². The molecule has 0 unspecified atom stereocenters. The van der Waals surface area contributed by atoms with E-state index >= 15 is 0 Å². The minimum atomic E-state index is -0.677. The van der Waals surface area contributed by atoms with Crippen LogP contribution in [0.3, 0.4) is 0 Å². The molecular weight excluding hydrogens is 202 g/mol. The van der Waals surface area contributed by atoms with E-state index in [2.05, 4.69) is 34.6 Å². The topological polar surface area (TPSA) is 37.3 Å². The molecule has 0 aliphatic rings. The van der Waals surface area contributed by atoms with Gasteiger partial charge in [-0.25, -0.2) is 0 Å². The number of carboxylic acids is 1. The molecule has 0 saturated heterocycles. The molecule has 0 atom stereocenters. The molecule has 0 saturated carbocycles. The Kier molecular flexibility index (Phi) is 6.65. The fraction of sp³-hybridized carbons (Fsp3) is 0.923. The van der Waals surface area contributed by atoms with Crippen molar-refractivity contribution in [3.8, 4) is 0 Å². The van der Waals surface area contributed by atoms with E-state index in [1.807, 2.05) is 0 Å². The van der Waals surface area contributed by atoms with Gasteiger partial charge in [-0.2, -0.15) is 0 Å². The van der Waals surface area contributed by atoms with Crippen LogP contribution in [0.2, 0.25) is 0 Å². The van der Waals surface area contributed by atoms with Gasteiger partial charge in [-0.3, -0.25) is 4.79 Å². The standard InChI is InChI=1S/C13H27NO2/c1-6-14(11(2)3,12(4)5)10-8-7-9-13(15)16/h11-12H,6-10H2,1-5H3/p+1. The van der Waals surface area contributed by atoms with Gasteiger partial charge in [-0.05, 0) is 47.5 Å². The Morgan fingerprint density at radius 3 is 1.94 bits per heavy atom. The summed E-state index contributed by atoms with van der Waals surface area (Å²) in [5.41, 5.74) is 0. The van der Waals surface area contributed by atoms with E-state index in [0.29, 0.717) is 18.5 Å². The van der Waals surface area contributed by atoms with E-state index in [-0.39, 0.29) is 0 Å². The number of hydrogen-bond acceptors (Lipinski definition) is 1. The Balaban J connectivity index is 4.27. The van der Waals surface area contributed by atoms with Crippen molar-refractivity contribution in [3.05, 3.63) is 0 Å². The lowest BCUT2D eigenvalue weighted by molar-refractivity contribution is -0.965. The molecule has 0 amide bonds. The first-order chi connectivity index (χ1) is 7.36. The van der Waals surface area contributed by atoms with Gasteiger partial charge in [0.05, 0.1) is 25.2 Å². The van der Waals surface area contributed by atoms with Gasteiger partial charge in [-0.1, -0.05) is 0 Å². The van der Waals surface area contributed by atoms with Gasteiger partial charge in [0.15, 0.2) is 0 Å². The predicted octanol–water partition coefficient (Wildman–Crippen LogP) is 2.89. The van der Waals surface area contributed by atoms with Gasteiger partial charge in [0, 0.05) is 6.42 Å². The maximum Gasteiger partial charge on any atom is 0.303 e. The number of carbonyl (C=O) groups is 1. The molecule has 96 valence electrons. The highest BCUT2D eigenvalue weighted by molar-refractivity contribution is 5.66. The summed E-state index contributed by atoms with van der Waals surface area (Å²) >= 11 is 0. The van der Waals surface area contributed by atoms with Crippen LogP contribution in [0.1, 0.15) is 53.9 Å². The molecule has 1 N–H and O–H groups in total. The first-order valence-electron chi connectivity index (χ1n) is 6.45. The second-order valence-corrected chi connectivity index (χ2v) is 5.18. The van der Waals surface area contributed by atoms with Crippen molar-refractivity contribution in [2.45, 2.75) is 66.0 Å². The van der Waals surface area contributed by atoms with Crippen LogP contribution in [-0.2, 0) is 4.79 Å². The lowest BCUT2D eigenvalue weighted by Gasteiger charge is -2.45.